The van der Waals surface area contributed by atoms with Crippen LogP contribution in [0.15, 0.2) is 42.6 Å². The number of halogens is 4. The molecular formula is C24H24ClF3N4O. The quantitative estimate of drug-likeness (QED) is 0.439. The van der Waals surface area contributed by atoms with Gasteiger partial charge in [0.15, 0.2) is 0 Å². The summed E-state index contributed by atoms with van der Waals surface area (Å²) in [6.07, 6.45) is 0.334. The topological polar surface area (TPSA) is 62.1 Å². The smallest absolute Gasteiger partial charge is 0.416 e. The molecule has 1 saturated heterocycles. The molecule has 0 amide bonds. The number of pyridine rings is 2. The zero-order valence-corrected chi connectivity index (χ0v) is 18.7. The van der Waals surface area contributed by atoms with Crippen molar-refractivity contribution in [2.24, 2.45) is 0 Å². The first-order valence-corrected chi connectivity index (χ1v) is 11.2. The minimum atomic E-state index is -4.49. The fourth-order valence-corrected chi connectivity index (χ4v) is 4.14. The van der Waals surface area contributed by atoms with Crippen LogP contribution in [-0.4, -0.2) is 46.8 Å². The fourth-order valence-electron chi connectivity index (χ4n) is 3.93. The summed E-state index contributed by atoms with van der Waals surface area (Å²) in [4.78, 5) is 10.9. The van der Waals surface area contributed by atoms with Gasteiger partial charge in [0.2, 0.25) is 0 Å². The minimum Gasteiger partial charge on any atom is -0.492 e. The van der Waals surface area contributed by atoms with Crippen molar-refractivity contribution in [1.29, 1.82) is 5.41 Å². The maximum atomic E-state index is 13.0. The second kappa shape index (κ2) is 10.1. The van der Waals surface area contributed by atoms with Gasteiger partial charge in [-0.2, -0.15) is 13.2 Å². The van der Waals surface area contributed by atoms with Crippen molar-refractivity contribution in [3.05, 3.63) is 64.6 Å². The maximum Gasteiger partial charge on any atom is 0.416 e. The fraction of sp³-hybridized carbons (Fsp3) is 0.375. The van der Waals surface area contributed by atoms with Gasteiger partial charge in [0, 0.05) is 30.2 Å². The van der Waals surface area contributed by atoms with Crippen molar-refractivity contribution in [3.63, 3.8) is 0 Å². The van der Waals surface area contributed by atoms with Gasteiger partial charge in [-0.3, -0.25) is 14.9 Å². The van der Waals surface area contributed by atoms with Crippen LogP contribution in [0.4, 0.5) is 13.2 Å². The minimum absolute atomic E-state index is 0.0284. The number of benzene rings is 1. The summed E-state index contributed by atoms with van der Waals surface area (Å²) in [5.41, 5.74) is 0.122. The molecular weight excluding hydrogens is 453 g/mol. The number of alkyl halides is 3. The Morgan fingerprint density at radius 2 is 1.88 bits per heavy atom. The van der Waals surface area contributed by atoms with Gasteiger partial charge in [0.1, 0.15) is 12.4 Å². The standard InChI is InChI=1S/C24H24ClF3N4O/c25-19-6-7-22(33-13-12-32-10-2-1-3-11-32)18-5-4-17(31-23(18)19)15-20(29)21-14-16(8-9-30-21)24(26,27)28/h4-9,14,29H,1-3,10-13,15H2. The van der Waals surface area contributed by atoms with Crippen LogP contribution in [0.25, 0.3) is 10.9 Å². The molecule has 5 nitrogen and oxygen atoms in total. The van der Waals surface area contributed by atoms with E-state index < -0.39 is 11.7 Å². The summed E-state index contributed by atoms with van der Waals surface area (Å²) in [5.74, 6) is 0.681. The molecule has 1 N–H and O–H groups in total. The first-order chi connectivity index (χ1) is 15.8. The molecule has 0 atom stereocenters. The lowest BCUT2D eigenvalue weighted by Gasteiger charge is -2.26. The number of rotatable bonds is 7. The van der Waals surface area contributed by atoms with Crippen LogP contribution >= 0.6 is 11.6 Å². The lowest BCUT2D eigenvalue weighted by atomic mass is 10.1. The molecule has 9 heteroatoms. The van der Waals surface area contributed by atoms with Crippen LogP contribution in [-0.2, 0) is 12.6 Å². The van der Waals surface area contributed by atoms with E-state index >= 15 is 0 Å². The normalized spacial score (nSPS) is 15.0. The van der Waals surface area contributed by atoms with E-state index in [-0.39, 0.29) is 17.8 Å². The summed E-state index contributed by atoms with van der Waals surface area (Å²) >= 11 is 6.36. The number of ether oxygens (including phenoxy) is 1. The second-order valence-corrected chi connectivity index (χ2v) is 8.49. The van der Waals surface area contributed by atoms with Crippen molar-refractivity contribution in [3.8, 4) is 5.75 Å². The molecule has 0 aliphatic carbocycles. The lowest BCUT2D eigenvalue weighted by molar-refractivity contribution is -0.137. The molecule has 0 bridgehead atoms. The molecule has 1 aromatic carbocycles. The van der Waals surface area contributed by atoms with Crippen molar-refractivity contribution in [2.75, 3.05) is 26.2 Å². The SMILES string of the molecule is N=C(Cc1ccc2c(OCCN3CCCCC3)ccc(Cl)c2n1)c1cc(C(F)(F)F)ccn1. The van der Waals surface area contributed by atoms with Crippen LogP contribution in [0, 0.1) is 5.41 Å². The predicted molar refractivity (Wildman–Crippen MR) is 122 cm³/mol. The molecule has 174 valence electrons. The zero-order chi connectivity index (χ0) is 23.4. The van der Waals surface area contributed by atoms with E-state index in [0.717, 1.165) is 43.4 Å². The number of aromatic nitrogens is 2. The van der Waals surface area contributed by atoms with Gasteiger partial charge in [-0.05, 0) is 62.3 Å². The molecule has 1 fully saturated rings. The van der Waals surface area contributed by atoms with E-state index in [2.05, 4.69) is 14.9 Å². The van der Waals surface area contributed by atoms with E-state index in [1.165, 1.54) is 19.3 Å². The van der Waals surface area contributed by atoms with Gasteiger partial charge in [-0.15, -0.1) is 0 Å². The highest BCUT2D eigenvalue weighted by molar-refractivity contribution is 6.35. The Morgan fingerprint density at radius 1 is 1.09 bits per heavy atom. The Hall–Kier alpha value is -2.71. The Labute approximate surface area is 195 Å². The van der Waals surface area contributed by atoms with Gasteiger partial charge < -0.3 is 10.1 Å². The summed E-state index contributed by atoms with van der Waals surface area (Å²) in [7, 11) is 0. The molecule has 0 spiro atoms. The average molecular weight is 477 g/mol. The highest BCUT2D eigenvalue weighted by Gasteiger charge is 2.31. The monoisotopic (exact) mass is 476 g/mol. The van der Waals surface area contributed by atoms with E-state index in [0.29, 0.717) is 28.6 Å². The number of likely N-dealkylation sites (tertiary alicyclic amines) is 1. The van der Waals surface area contributed by atoms with Crippen molar-refractivity contribution < 1.29 is 17.9 Å². The molecule has 1 aliphatic rings. The van der Waals surface area contributed by atoms with Crippen molar-refractivity contribution in [2.45, 2.75) is 31.9 Å². The molecule has 3 aromatic rings. The van der Waals surface area contributed by atoms with Gasteiger partial charge >= 0.3 is 6.18 Å². The molecule has 0 unspecified atom stereocenters. The molecule has 0 radical (unpaired) electrons. The first-order valence-electron chi connectivity index (χ1n) is 10.9. The van der Waals surface area contributed by atoms with Gasteiger partial charge in [-0.1, -0.05) is 18.0 Å². The largest absolute Gasteiger partial charge is 0.492 e. The molecule has 4 rings (SSSR count). The van der Waals surface area contributed by atoms with Gasteiger partial charge in [0.05, 0.1) is 27.5 Å². The average Bonchev–Trinajstić information content (AvgIpc) is 2.81. The summed E-state index contributed by atoms with van der Waals surface area (Å²) in [5, 5.41) is 9.43. The van der Waals surface area contributed by atoms with Crippen LogP contribution in [0.1, 0.15) is 36.2 Å². The summed E-state index contributed by atoms with van der Waals surface area (Å²) in [6.45, 7) is 3.62. The molecule has 2 aromatic heterocycles. The molecule has 1 aliphatic heterocycles. The molecule has 3 heterocycles. The number of nitrogens with one attached hydrogen (secondary N) is 1. The molecule has 0 saturated carbocycles. The van der Waals surface area contributed by atoms with E-state index in [1.54, 1.807) is 12.1 Å². The number of fused-ring (bicyclic) bond motifs is 1. The molecule has 33 heavy (non-hydrogen) atoms. The Kier molecular flexibility index (Phi) is 7.14. The summed E-state index contributed by atoms with van der Waals surface area (Å²) < 4.78 is 44.9. The van der Waals surface area contributed by atoms with Gasteiger partial charge in [-0.25, -0.2) is 0 Å². The Morgan fingerprint density at radius 3 is 2.64 bits per heavy atom. The lowest BCUT2D eigenvalue weighted by Crippen LogP contribution is -2.33. The van der Waals surface area contributed by atoms with E-state index in [1.807, 2.05) is 12.1 Å². The Bertz CT molecular complexity index is 1150. The zero-order valence-electron chi connectivity index (χ0n) is 18.0. The van der Waals surface area contributed by atoms with Crippen molar-refractivity contribution in [1.82, 2.24) is 14.9 Å². The predicted octanol–water partition coefficient (Wildman–Crippen LogP) is 5.78. The highest BCUT2D eigenvalue weighted by atomic mass is 35.5. The number of hydrogen-bond donors (Lipinski definition) is 1. The third kappa shape index (κ3) is 5.81. The van der Waals surface area contributed by atoms with E-state index in [9.17, 15) is 13.2 Å². The highest BCUT2D eigenvalue weighted by Crippen LogP contribution is 2.31. The third-order valence-electron chi connectivity index (χ3n) is 5.69. The van der Waals surface area contributed by atoms with Crippen LogP contribution in [0.2, 0.25) is 5.02 Å². The van der Waals surface area contributed by atoms with Crippen LogP contribution in [0.5, 0.6) is 5.75 Å². The third-order valence-corrected chi connectivity index (χ3v) is 6.00. The van der Waals surface area contributed by atoms with Crippen LogP contribution in [0.3, 0.4) is 0 Å². The van der Waals surface area contributed by atoms with E-state index in [4.69, 9.17) is 21.7 Å². The number of piperidine rings is 1. The van der Waals surface area contributed by atoms with Crippen molar-refractivity contribution >= 4 is 28.2 Å². The Balaban J connectivity index is 1.48. The maximum absolute atomic E-state index is 13.0. The summed E-state index contributed by atoms with van der Waals surface area (Å²) in [6, 6.07) is 8.86. The second-order valence-electron chi connectivity index (χ2n) is 8.08. The van der Waals surface area contributed by atoms with Crippen LogP contribution < -0.4 is 4.74 Å². The first kappa shape index (κ1) is 23.4. The van der Waals surface area contributed by atoms with Gasteiger partial charge in [0.25, 0.3) is 0 Å². The number of nitrogens with zero attached hydrogens (tertiary/aromatic N) is 3. The number of hydrogen-bond acceptors (Lipinski definition) is 5.